The number of carboxylic acid groups (broad SMARTS) is 1. The highest BCUT2D eigenvalue weighted by Gasteiger charge is 2.30. The average molecular weight is 473 g/mol. The van der Waals surface area contributed by atoms with E-state index in [9.17, 15) is 19.5 Å². The van der Waals surface area contributed by atoms with Crippen LogP contribution < -0.4 is 10.6 Å². The average Bonchev–Trinajstić information content (AvgIpc) is 3.13. The lowest BCUT2D eigenvalue weighted by atomic mass is 9.98. The molecule has 1 unspecified atom stereocenters. The maximum absolute atomic E-state index is 12.6. The van der Waals surface area contributed by atoms with Gasteiger partial charge in [-0.25, -0.2) is 9.59 Å². The number of nitrogens with one attached hydrogen (secondary N) is 2. The molecular formula is C24H28N2O6S. The third-order valence-corrected chi connectivity index (χ3v) is 6.24. The van der Waals surface area contributed by atoms with Gasteiger partial charge >= 0.3 is 12.1 Å². The molecule has 2 aromatic rings. The van der Waals surface area contributed by atoms with Crippen LogP contribution in [-0.4, -0.2) is 65.5 Å². The highest BCUT2D eigenvalue weighted by molar-refractivity contribution is 7.98. The number of thioether (sulfide) groups is 1. The minimum atomic E-state index is -1.25. The van der Waals surface area contributed by atoms with Crippen LogP contribution in [-0.2, 0) is 14.3 Å². The van der Waals surface area contributed by atoms with Crippen molar-refractivity contribution in [3.63, 3.8) is 0 Å². The molecule has 0 bridgehead atoms. The molecule has 4 N–H and O–H groups in total. The van der Waals surface area contributed by atoms with Crippen LogP contribution >= 0.6 is 11.8 Å². The first-order valence-corrected chi connectivity index (χ1v) is 12.1. The normalized spacial score (nSPS) is 14.0. The summed E-state index contributed by atoms with van der Waals surface area (Å²) in [6, 6.07) is 13.8. The maximum Gasteiger partial charge on any atom is 0.407 e. The summed E-state index contributed by atoms with van der Waals surface area (Å²) < 4.78 is 5.51. The molecule has 0 saturated carbocycles. The number of ether oxygens (including phenoxy) is 1. The van der Waals surface area contributed by atoms with Crippen LogP contribution in [0.1, 0.15) is 29.9 Å². The zero-order chi connectivity index (χ0) is 23.8. The Kier molecular flexibility index (Phi) is 8.73. The highest BCUT2D eigenvalue weighted by Crippen LogP contribution is 2.44. The van der Waals surface area contributed by atoms with Crippen molar-refractivity contribution in [1.82, 2.24) is 10.6 Å². The van der Waals surface area contributed by atoms with Crippen LogP contribution in [0.2, 0.25) is 0 Å². The van der Waals surface area contributed by atoms with Gasteiger partial charge in [0.15, 0.2) is 0 Å². The lowest BCUT2D eigenvalue weighted by Gasteiger charge is -2.21. The smallest absolute Gasteiger partial charge is 0.407 e. The molecule has 8 nitrogen and oxygen atoms in total. The number of carboxylic acids is 1. The number of hydrogen-bond acceptors (Lipinski definition) is 6. The number of aliphatic carboxylic acids is 1. The molecule has 1 aliphatic carbocycles. The zero-order valence-corrected chi connectivity index (χ0v) is 19.1. The second-order valence-corrected chi connectivity index (χ2v) is 8.70. The van der Waals surface area contributed by atoms with Crippen molar-refractivity contribution >= 4 is 29.7 Å². The minimum Gasteiger partial charge on any atom is -0.480 e. The van der Waals surface area contributed by atoms with Crippen LogP contribution in [0.5, 0.6) is 0 Å². The van der Waals surface area contributed by atoms with E-state index in [1.165, 1.54) is 11.8 Å². The Balaban J connectivity index is 1.65. The van der Waals surface area contributed by atoms with Crippen LogP contribution in [0, 0.1) is 0 Å². The Bertz CT molecular complexity index is 953. The summed E-state index contributed by atoms with van der Waals surface area (Å²) in [5.74, 6) is -1.40. The Morgan fingerprint density at radius 1 is 0.970 bits per heavy atom. The predicted molar refractivity (Wildman–Crippen MR) is 126 cm³/mol. The predicted octanol–water partition coefficient (Wildman–Crippen LogP) is 2.60. The van der Waals surface area contributed by atoms with E-state index in [4.69, 9.17) is 9.84 Å². The van der Waals surface area contributed by atoms with E-state index in [-0.39, 0.29) is 25.6 Å². The molecule has 0 fully saturated rings. The summed E-state index contributed by atoms with van der Waals surface area (Å²) >= 11 is 1.50. The van der Waals surface area contributed by atoms with Gasteiger partial charge in [-0.15, -0.1) is 0 Å². The molecule has 0 aromatic heterocycles. The van der Waals surface area contributed by atoms with Crippen molar-refractivity contribution in [2.45, 2.75) is 30.8 Å². The zero-order valence-electron chi connectivity index (χ0n) is 18.3. The van der Waals surface area contributed by atoms with Crippen LogP contribution in [0.4, 0.5) is 4.79 Å². The topological polar surface area (TPSA) is 125 Å². The van der Waals surface area contributed by atoms with Crippen molar-refractivity contribution < 1.29 is 29.3 Å². The molecule has 176 valence electrons. The third-order valence-electron chi connectivity index (χ3n) is 5.60. The molecule has 33 heavy (non-hydrogen) atoms. The number of hydrogen-bond donors (Lipinski definition) is 4. The van der Waals surface area contributed by atoms with Crippen LogP contribution in [0.3, 0.4) is 0 Å². The van der Waals surface area contributed by atoms with E-state index in [0.717, 1.165) is 22.3 Å². The van der Waals surface area contributed by atoms with E-state index >= 15 is 0 Å². The molecule has 1 aliphatic rings. The summed E-state index contributed by atoms with van der Waals surface area (Å²) in [6.07, 6.45) is 1.31. The van der Waals surface area contributed by atoms with Crippen LogP contribution in [0.15, 0.2) is 48.5 Å². The Morgan fingerprint density at radius 3 is 2.12 bits per heavy atom. The number of rotatable bonds is 11. The monoisotopic (exact) mass is 472 g/mol. The summed E-state index contributed by atoms with van der Waals surface area (Å²) in [5, 5.41) is 23.2. The lowest BCUT2D eigenvalue weighted by Crippen LogP contribution is -2.52. The maximum atomic E-state index is 12.6. The molecule has 2 aromatic carbocycles. The SMILES string of the molecule is CSCCC(NC(=O)OCC1c2ccccc2-c2ccccc21)C(=O)N[C@@H](CCO)C(=O)O. The second-order valence-electron chi connectivity index (χ2n) is 7.72. The van der Waals surface area contributed by atoms with Gasteiger partial charge in [0, 0.05) is 18.9 Å². The van der Waals surface area contributed by atoms with Crippen molar-refractivity contribution in [3.05, 3.63) is 59.7 Å². The number of fused-ring (bicyclic) bond motifs is 3. The van der Waals surface area contributed by atoms with Crippen molar-refractivity contribution in [2.75, 3.05) is 25.2 Å². The van der Waals surface area contributed by atoms with Gasteiger partial charge in [-0.3, -0.25) is 4.79 Å². The van der Waals surface area contributed by atoms with E-state index in [1.54, 1.807) is 0 Å². The van der Waals surface area contributed by atoms with E-state index in [1.807, 2.05) is 54.8 Å². The summed E-state index contributed by atoms with van der Waals surface area (Å²) in [4.78, 5) is 36.5. The molecule has 0 heterocycles. The third kappa shape index (κ3) is 6.06. The molecule has 0 aliphatic heterocycles. The van der Waals surface area contributed by atoms with E-state index < -0.39 is 30.1 Å². The standard InChI is InChI=1S/C24H28N2O6S/c1-33-13-11-20(22(28)25-21(10-12-27)23(29)30)26-24(31)32-14-19-17-8-4-2-6-15(17)16-7-3-5-9-18(16)19/h2-9,19-21,27H,10-14H2,1H3,(H,25,28)(H,26,31)(H,29,30)/t20?,21-/m0/s1. The minimum absolute atomic E-state index is 0.109. The number of carbonyl (C=O) groups is 3. The molecule has 0 spiro atoms. The van der Waals surface area contributed by atoms with Gasteiger partial charge in [-0.05, 0) is 40.7 Å². The fourth-order valence-electron chi connectivity index (χ4n) is 3.95. The Labute approximate surface area is 196 Å². The van der Waals surface area contributed by atoms with Crippen molar-refractivity contribution in [2.24, 2.45) is 0 Å². The lowest BCUT2D eigenvalue weighted by molar-refractivity contribution is -0.142. The number of alkyl carbamates (subject to hydrolysis) is 1. The highest BCUT2D eigenvalue weighted by atomic mass is 32.2. The number of amides is 2. The van der Waals surface area contributed by atoms with Gasteiger partial charge in [0.05, 0.1) is 0 Å². The van der Waals surface area contributed by atoms with Gasteiger partial charge in [0.1, 0.15) is 18.7 Å². The molecule has 3 rings (SSSR count). The molecule has 2 amide bonds. The first-order valence-electron chi connectivity index (χ1n) is 10.7. The second kappa shape index (κ2) is 11.7. The molecule has 9 heteroatoms. The van der Waals surface area contributed by atoms with E-state index in [0.29, 0.717) is 12.2 Å². The molecule has 0 saturated heterocycles. The van der Waals surface area contributed by atoms with Gasteiger partial charge in [0.25, 0.3) is 0 Å². The summed E-state index contributed by atoms with van der Waals surface area (Å²) in [7, 11) is 0. The first-order chi connectivity index (χ1) is 16.0. The fraction of sp³-hybridized carbons (Fsp3) is 0.375. The van der Waals surface area contributed by atoms with Crippen molar-refractivity contribution in [1.29, 1.82) is 0 Å². The number of aliphatic hydroxyl groups is 1. The number of benzene rings is 2. The van der Waals surface area contributed by atoms with E-state index in [2.05, 4.69) is 10.6 Å². The van der Waals surface area contributed by atoms with Gasteiger partial charge in [-0.1, -0.05) is 48.5 Å². The van der Waals surface area contributed by atoms with Gasteiger partial charge in [-0.2, -0.15) is 11.8 Å². The molecule has 2 atom stereocenters. The largest absolute Gasteiger partial charge is 0.480 e. The summed E-state index contributed by atoms with van der Waals surface area (Å²) in [6.45, 7) is -0.272. The van der Waals surface area contributed by atoms with Gasteiger partial charge in [0.2, 0.25) is 5.91 Å². The Hall–Kier alpha value is -3.04. The number of aliphatic hydroxyl groups excluding tert-OH is 1. The molecule has 0 radical (unpaired) electrons. The van der Waals surface area contributed by atoms with Crippen molar-refractivity contribution in [3.8, 4) is 11.1 Å². The first kappa shape index (κ1) is 24.6. The van der Waals surface area contributed by atoms with Crippen LogP contribution in [0.25, 0.3) is 11.1 Å². The van der Waals surface area contributed by atoms with Gasteiger partial charge < -0.3 is 25.6 Å². The molecular weight excluding hydrogens is 444 g/mol. The Morgan fingerprint density at radius 2 is 1.58 bits per heavy atom. The quantitative estimate of drug-likeness (QED) is 0.396. The number of carbonyl (C=O) groups excluding carboxylic acids is 2. The summed E-state index contributed by atoms with van der Waals surface area (Å²) in [5.41, 5.74) is 4.39. The fourth-order valence-corrected chi connectivity index (χ4v) is 4.42.